The van der Waals surface area contributed by atoms with Gasteiger partial charge in [-0.05, 0) is 25.5 Å². The fourth-order valence-electron chi connectivity index (χ4n) is 2.79. The molecular formula is C19H23N7O. The molecule has 0 aliphatic carbocycles. The van der Waals surface area contributed by atoms with Gasteiger partial charge in [0, 0.05) is 37.3 Å². The summed E-state index contributed by atoms with van der Waals surface area (Å²) in [5, 5.41) is 9.96. The normalized spacial score (nSPS) is 11.7. The summed E-state index contributed by atoms with van der Waals surface area (Å²) in [6, 6.07) is 6.99. The highest BCUT2D eigenvalue weighted by Gasteiger charge is 2.09. The maximum absolute atomic E-state index is 9.96. The van der Waals surface area contributed by atoms with Gasteiger partial charge in [0.25, 0.3) is 5.95 Å². The van der Waals surface area contributed by atoms with E-state index in [9.17, 15) is 5.11 Å². The van der Waals surface area contributed by atoms with Gasteiger partial charge in [0.15, 0.2) is 0 Å². The van der Waals surface area contributed by atoms with Gasteiger partial charge < -0.3 is 15.4 Å². The van der Waals surface area contributed by atoms with Gasteiger partial charge >= 0.3 is 0 Å². The minimum atomic E-state index is 0.128. The van der Waals surface area contributed by atoms with Crippen LogP contribution in [-0.4, -0.2) is 35.3 Å². The van der Waals surface area contributed by atoms with Crippen molar-refractivity contribution < 1.29 is 5.11 Å². The summed E-state index contributed by atoms with van der Waals surface area (Å²) in [6.45, 7) is 4.63. The Hall–Kier alpha value is -3.29. The van der Waals surface area contributed by atoms with E-state index in [4.69, 9.17) is 5.73 Å². The van der Waals surface area contributed by atoms with Crippen LogP contribution in [0.4, 0.5) is 11.9 Å². The average Bonchev–Trinajstić information content (AvgIpc) is 3.07. The van der Waals surface area contributed by atoms with Crippen molar-refractivity contribution in [1.29, 1.82) is 0 Å². The zero-order valence-corrected chi connectivity index (χ0v) is 15.5. The van der Waals surface area contributed by atoms with Gasteiger partial charge in [0.1, 0.15) is 17.4 Å². The van der Waals surface area contributed by atoms with Crippen LogP contribution in [0.2, 0.25) is 0 Å². The molecule has 2 aromatic heterocycles. The number of anilines is 1. The van der Waals surface area contributed by atoms with Gasteiger partial charge in [-0.1, -0.05) is 19.1 Å². The number of imidazole rings is 1. The lowest BCUT2D eigenvalue weighted by Gasteiger charge is -2.07. The van der Waals surface area contributed by atoms with E-state index < -0.39 is 0 Å². The predicted octanol–water partition coefficient (Wildman–Crippen LogP) is 2.69. The molecule has 0 fully saturated rings. The second kappa shape index (κ2) is 8.39. The SMILES string of the molecule is CCCc1nccn1CCc1nc(N)nc(N=C(C)c2ccccc2O)n1. The Morgan fingerprint density at radius 3 is 2.78 bits per heavy atom. The molecule has 3 N–H and O–H groups in total. The summed E-state index contributed by atoms with van der Waals surface area (Å²) in [5.74, 6) is 2.14. The number of nitrogens with zero attached hydrogens (tertiary/aromatic N) is 6. The number of hydrogen-bond acceptors (Lipinski definition) is 7. The smallest absolute Gasteiger partial charge is 0.254 e. The molecule has 0 unspecified atom stereocenters. The van der Waals surface area contributed by atoms with Crippen molar-refractivity contribution in [3.8, 4) is 5.75 Å². The Bertz CT molecular complexity index is 949. The van der Waals surface area contributed by atoms with Gasteiger partial charge in [-0.2, -0.15) is 15.0 Å². The van der Waals surface area contributed by atoms with E-state index in [0.717, 1.165) is 18.7 Å². The Balaban J connectivity index is 1.79. The van der Waals surface area contributed by atoms with E-state index in [1.165, 1.54) is 0 Å². The molecule has 0 atom stereocenters. The molecule has 1 aromatic carbocycles. The maximum Gasteiger partial charge on any atom is 0.254 e. The molecular weight excluding hydrogens is 342 g/mol. The van der Waals surface area contributed by atoms with E-state index in [-0.39, 0.29) is 17.6 Å². The van der Waals surface area contributed by atoms with Crippen LogP contribution in [0.15, 0.2) is 41.7 Å². The first kappa shape index (κ1) is 18.5. The highest BCUT2D eigenvalue weighted by Crippen LogP contribution is 2.18. The van der Waals surface area contributed by atoms with Crippen LogP contribution < -0.4 is 5.73 Å². The number of nitrogen functional groups attached to an aromatic ring is 1. The van der Waals surface area contributed by atoms with Crippen LogP contribution in [0.25, 0.3) is 0 Å². The molecule has 0 aliphatic heterocycles. The summed E-state index contributed by atoms with van der Waals surface area (Å²) < 4.78 is 2.10. The number of hydrogen-bond donors (Lipinski definition) is 2. The van der Waals surface area contributed by atoms with E-state index in [0.29, 0.717) is 30.1 Å². The van der Waals surface area contributed by atoms with Gasteiger partial charge in [-0.25, -0.2) is 9.98 Å². The Morgan fingerprint density at radius 2 is 2.00 bits per heavy atom. The number of aliphatic imine (C=N–C) groups is 1. The lowest BCUT2D eigenvalue weighted by Crippen LogP contribution is -2.09. The van der Waals surface area contributed by atoms with Gasteiger partial charge in [0.2, 0.25) is 5.95 Å². The quantitative estimate of drug-likeness (QED) is 0.622. The molecule has 27 heavy (non-hydrogen) atoms. The molecule has 0 saturated heterocycles. The van der Waals surface area contributed by atoms with Gasteiger partial charge in [0.05, 0.1) is 5.71 Å². The molecule has 0 amide bonds. The summed E-state index contributed by atoms with van der Waals surface area (Å²) in [4.78, 5) is 21.5. The van der Waals surface area contributed by atoms with Gasteiger partial charge in [-0.15, -0.1) is 0 Å². The number of rotatable bonds is 7. The Labute approximate surface area is 157 Å². The molecule has 8 heteroatoms. The average molecular weight is 365 g/mol. The fourth-order valence-corrected chi connectivity index (χ4v) is 2.79. The van der Waals surface area contributed by atoms with Crippen molar-refractivity contribution in [2.24, 2.45) is 4.99 Å². The number of nitrogens with two attached hydrogens (primary N) is 1. The second-order valence-corrected chi connectivity index (χ2v) is 6.16. The standard InChI is InChI=1S/C19H23N7O/c1-3-6-17-21-10-12-26(17)11-9-16-23-18(20)25-19(24-16)22-13(2)14-7-4-5-8-15(14)27/h4-5,7-8,10,12,27H,3,6,9,11H2,1-2H3,(H2,20,23,24,25). The minimum Gasteiger partial charge on any atom is -0.507 e. The van der Waals surface area contributed by atoms with E-state index in [1.807, 2.05) is 12.3 Å². The third-order valence-corrected chi connectivity index (χ3v) is 4.10. The van der Waals surface area contributed by atoms with Crippen molar-refractivity contribution in [1.82, 2.24) is 24.5 Å². The summed E-state index contributed by atoms with van der Waals surface area (Å²) >= 11 is 0. The monoisotopic (exact) mass is 365 g/mol. The lowest BCUT2D eigenvalue weighted by atomic mass is 10.1. The van der Waals surface area contributed by atoms with Crippen LogP contribution >= 0.6 is 0 Å². The number of phenolic OH excluding ortho intramolecular Hbond substituents is 1. The van der Waals surface area contributed by atoms with Crippen LogP contribution in [0.3, 0.4) is 0 Å². The third-order valence-electron chi connectivity index (χ3n) is 4.10. The van der Waals surface area contributed by atoms with E-state index in [2.05, 4.69) is 36.4 Å². The fraction of sp³-hybridized carbons (Fsp3) is 0.316. The largest absolute Gasteiger partial charge is 0.507 e. The van der Waals surface area contributed by atoms with Crippen LogP contribution in [-0.2, 0) is 19.4 Å². The van der Waals surface area contributed by atoms with Crippen LogP contribution in [0.5, 0.6) is 5.75 Å². The Morgan fingerprint density at radius 1 is 1.19 bits per heavy atom. The topological polar surface area (TPSA) is 115 Å². The van der Waals surface area contributed by atoms with Crippen molar-refractivity contribution in [2.45, 2.75) is 39.7 Å². The van der Waals surface area contributed by atoms with Crippen LogP contribution in [0.1, 0.15) is 37.5 Å². The molecule has 8 nitrogen and oxygen atoms in total. The Kier molecular flexibility index (Phi) is 5.75. The highest BCUT2D eigenvalue weighted by atomic mass is 16.3. The van der Waals surface area contributed by atoms with Crippen LogP contribution in [0, 0.1) is 0 Å². The number of aryl methyl sites for hydroxylation is 3. The second-order valence-electron chi connectivity index (χ2n) is 6.16. The van der Waals surface area contributed by atoms with Gasteiger partial charge in [-0.3, -0.25) is 0 Å². The zero-order valence-electron chi connectivity index (χ0n) is 15.5. The third kappa shape index (κ3) is 4.66. The molecule has 3 aromatic rings. The molecule has 3 rings (SSSR count). The van der Waals surface area contributed by atoms with Crippen molar-refractivity contribution in [2.75, 3.05) is 5.73 Å². The zero-order chi connectivity index (χ0) is 19.2. The summed E-state index contributed by atoms with van der Waals surface area (Å²) in [5.41, 5.74) is 7.06. The molecule has 0 spiro atoms. The van der Waals surface area contributed by atoms with E-state index in [1.54, 1.807) is 31.3 Å². The number of aromatic nitrogens is 5. The summed E-state index contributed by atoms with van der Waals surface area (Å²) in [6.07, 6.45) is 6.33. The van der Waals surface area contributed by atoms with Crippen molar-refractivity contribution in [3.63, 3.8) is 0 Å². The highest BCUT2D eigenvalue weighted by molar-refractivity contribution is 6.02. The molecule has 0 aliphatic rings. The van der Waals surface area contributed by atoms with Crippen molar-refractivity contribution >= 4 is 17.6 Å². The molecule has 140 valence electrons. The lowest BCUT2D eigenvalue weighted by molar-refractivity contribution is 0.474. The molecule has 0 bridgehead atoms. The first-order valence-electron chi connectivity index (χ1n) is 8.91. The molecule has 0 radical (unpaired) electrons. The number of para-hydroxylation sites is 1. The number of benzene rings is 1. The molecule has 0 saturated carbocycles. The number of phenols is 1. The van der Waals surface area contributed by atoms with Crippen molar-refractivity contribution in [3.05, 3.63) is 53.9 Å². The summed E-state index contributed by atoms with van der Waals surface area (Å²) in [7, 11) is 0. The molecule has 2 heterocycles. The number of aromatic hydroxyl groups is 1. The maximum atomic E-state index is 9.96. The first-order valence-corrected chi connectivity index (χ1v) is 8.91. The predicted molar refractivity (Wildman–Crippen MR) is 104 cm³/mol. The van der Waals surface area contributed by atoms with E-state index >= 15 is 0 Å². The minimum absolute atomic E-state index is 0.128. The first-order chi connectivity index (χ1) is 13.1.